The third-order valence-corrected chi connectivity index (χ3v) is 3.93. The van der Waals surface area contributed by atoms with Gasteiger partial charge >= 0.3 is 5.97 Å². The van der Waals surface area contributed by atoms with Crippen molar-refractivity contribution in [2.45, 2.75) is 32.8 Å². The number of carbonyl (C=O) groups is 2. The van der Waals surface area contributed by atoms with E-state index in [1.165, 1.54) is 0 Å². The number of amides is 1. The predicted octanol–water partition coefficient (Wildman–Crippen LogP) is 3.22. The van der Waals surface area contributed by atoms with Crippen LogP contribution < -0.4 is 10.1 Å². The van der Waals surface area contributed by atoms with E-state index in [0.29, 0.717) is 12.2 Å². The molecule has 1 amide bonds. The van der Waals surface area contributed by atoms with Gasteiger partial charge in [-0.25, -0.2) is 0 Å². The lowest BCUT2D eigenvalue weighted by Gasteiger charge is -2.18. The molecule has 0 aliphatic rings. The van der Waals surface area contributed by atoms with Crippen molar-refractivity contribution in [3.05, 3.63) is 42.5 Å². The van der Waals surface area contributed by atoms with E-state index in [2.05, 4.69) is 5.32 Å². The van der Waals surface area contributed by atoms with Crippen LogP contribution in [0.3, 0.4) is 0 Å². The highest BCUT2D eigenvalue weighted by molar-refractivity contribution is 5.89. The van der Waals surface area contributed by atoms with Crippen LogP contribution in [-0.2, 0) is 9.59 Å². The monoisotopic (exact) mass is 329 g/mol. The number of hydrogen-bond acceptors (Lipinski definition) is 3. The van der Waals surface area contributed by atoms with Crippen molar-refractivity contribution in [2.24, 2.45) is 5.92 Å². The van der Waals surface area contributed by atoms with E-state index in [1.54, 1.807) is 6.92 Å². The molecule has 0 radical (unpaired) electrons. The zero-order valence-corrected chi connectivity index (χ0v) is 14.0. The predicted molar refractivity (Wildman–Crippen MR) is 93.1 cm³/mol. The van der Waals surface area contributed by atoms with Gasteiger partial charge in [0.1, 0.15) is 5.75 Å². The average Bonchev–Trinajstić information content (AvgIpc) is 2.58. The van der Waals surface area contributed by atoms with E-state index < -0.39 is 18.0 Å². The molecule has 5 heteroatoms. The van der Waals surface area contributed by atoms with Gasteiger partial charge in [-0.05, 0) is 24.8 Å². The van der Waals surface area contributed by atoms with Gasteiger partial charge in [0.25, 0.3) is 5.91 Å². The highest BCUT2D eigenvalue weighted by Gasteiger charge is 2.20. The Hall–Kier alpha value is -2.56. The van der Waals surface area contributed by atoms with Crippen LogP contribution in [0.1, 0.15) is 26.7 Å². The second-order valence-corrected chi connectivity index (χ2v) is 5.81. The van der Waals surface area contributed by atoms with Gasteiger partial charge in [-0.3, -0.25) is 9.59 Å². The van der Waals surface area contributed by atoms with Gasteiger partial charge in [0.2, 0.25) is 0 Å². The third kappa shape index (κ3) is 4.47. The van der Waals surface area contributed by atoms with Crippen LogP contribution in [0, 0.1) is 5.92 Å². The molecule has 2 aromatic carbocycles. The standard InChI is InChI=1S/C19H23NO4/c1-3-7-15(19(22)23)12-20-18(21)13(2)24-17-11-6-9-14-8-4-5-10-16(14)17/h4-6,8-11,13,15H,3,7,12H2,1-2H3,(H,20,21)(H,22,23). The molecule has 2 N–H and O–H groups in total. The molecule has 2 unspecified atom stereocenters. The molecule has 2 atom stereocenters. The maximum absolute atomic E-state index is 12.2. The Bertz CT molecular complexity index is 708. The van der Waals surface area contributed by atoms with E-state index in [4.69, 9.17) is 9.84 Å². The summed E-state index contributed by atoms with van der Waals surface area (Å²) in [7, 11) is 0. The Labute approximate surface area is 141 Å². The van der Waals surface area contributed by atoms with Crippen LogP contribution in [0.2, 0.25) is 0 Å². The van der Waals surface area contributed by atoms with Crippen molar-refractivity contribution < 1.29 is 19.4 Å². The first kappa shape index (κ1) is 17.8. The minimum Gasteiger partial charge on any atom is -0.481 e. The molecule has 24 heavy (non-hydrogen) atoms. The summed E-state index contributed by atoms with van der Waals surface area (Å²) in [5.74, 6) is -1.13. The van der Waals surface area contributed by atoms with E-state index >= 15 is 0 Å². The number of hydrogen-bond donors (Lipinski definition) is 2. The van der Waals surface area contributed by atoms with Crippen LogP contribution in [0.4, 0.5) is 0 Å². The molecule has 0 spiro atoms. The van der Waals surface area contributed by atoms with Gasteiger partial charge in [0.05, 0.1) is 5.92 Å². The van der Waals surface area contributed by atoms with E-state index in [-0.39, 0.29) is 12.5 Å². The number of aliphatic carboxylic acids is 1. The number of carboxylic acid groups (broad SMARTS) is 1. The summed E-state index contributed by atoms with van der Waals surface area (Å²) >= 11 is 0. The Morgan fingerprint density at radius 2 is 1.88 bits per heavy atom. The number of ether oxygens (including phenoxy) is 1. The molecule has 128 valence electrons. The molecular weight excluding hydrogens is 306 g/mol. The number of carboxylic acids is 1. The number of fused-ring (bicyclic) bond motifs is 1. The fourth-order valence-corrected chi connectivity index (χ4v) is 2.57. The number of nitrogens with one attached hydrogen (secondary N) is 1. The van der Waals surface area contributed by atoms with Gasteiger partial charge in [-0.1, -0.05) is 49.7 Å². The molecule has 0 aliphatic heterocycles. The minimum atomic E-state index is -0.889. The molecule has 2 rings (SSSR count). The molecule has 0 saturated heterocycles. The smallest absolute Gasteiger partial charge is 0.308 e. The van der Waals surface area contributed by atoms with Crippen molar-refractivity contribution in [1.82, 2.24) is 5.32 Å². The summed E-state index contributed by atoms with van der Waals surface area (Å²) in [6.07, 6.45) is 0.593. The molecular formula is C19H23NO4. The lowest BCUT2D eigenvalue weighted by molar-refractivity contribution is -0.142. The number of rotatable bonds is 8. The van der Waals surface area contributed by atoms with Crippen molar-refractivity contribution in [3.63, 3.8) is 0 Å². The van der Waals surface area contributed by atoms with Crippen molar-refractivity contribution in [1.29, 1.82) is 0 Å². The zero-order valence-electron chi connectivity index (χ0n) is 14.0. The highest BCUT2D eigenvalue weighted by Crippen LogP contribution is 2.26. The maximum Gasteiger partial charge on any atom is 0.308 e. The van der Waals surface area contributed by atoms with Crippen LogP contribution in [0.5, 0.6) is 5.75 Å². The normalized spacial score (nSPS) is 13.2. The summed E-state index contributed by atoms with van der Waals surface area (Å²) in [6.45, 7) is 3.70. The fraction of sp³-hybridized carbons (Fsp3) is 0.368. The molecule has 0 aliphatic carbocycles. The highest BCUT2D eigenvalue weighted by atomic mass is 16.5. The first-order valence-corrected chi connectivity index (χ1v) is 8.17. The average molecular weight is 329 g/mol. The third-order valence-electron chi connectivity index (χ3n) is 3.93. The Kier molecular flexibility index (Phi) is 6.18. The summed E-state index contributed by atoms with van der Waals surface area (Å²) in [5, 5.41) is 13.8. The first-order chi connectivity index (χ1) is 11.5. The zero-order chi connectivity index (χ0) is 17.5. The minimum absolute atomic E-state index is 0.116. The lowest BCUT2D eigenvalue weighted by Crippen LogP contribution is -2.40. The van der Waals surface area contributed by atoms with Crippen molar-refractivity contribution in [2.75, 3.05) is 6.54 Å². The molecule has 2 aromatic rings. The van der Waals surface area contributed by atoms with Gasteiger partial charge in [0.15, 0.2) is 6.10 Å². The van der Waals surface area contributed by atoms with Gasteiger partial charge in [-0.2, -0.15) is 0 Å². The molecule has 0 fully saturated rings. The topological polar surface area (TPSA) is 75.6 Å². The lowest BCUT2D eigenvalue weighted by atomic mass is 10.0. The van der Waals surface area contributed by atoms with Gasteiger partial charge < -0.3 is 15.2 Å². The first-order valence-electron chi connectivity index (χ1n) is 8.17. The number of benzene rings is 2. The fourth-order valence-electron chi connectivity index (χ4n) is 2.57. The quantitative estimate of drug-likeness (QED) is 0.780. The molecule has 0 saturated carbocycles. The van der Waals surface area contributed by atoms with Crippen LogP contribution in [0.25, 0.3) is 10.8 Å². The second-order valence-electron chi connectivity index (χ2n) is 5.81. The van der Waals surface area contributed by atoms with Gasteiger partial charge in [-0.15, -0.1) is 0 Å². The summed E-state index contributed by atoms with van der Waals surface area (Å²) < 4.78 is 5.78. The van der Waals surface area contributed by atoms with Gasteiger partial charge in [0, 0.05) is 11.9 Å². The molecule has 5 nitrogen and oxygen atoms in total. The summed E-state index contributed by atoms with van der Waals surface area (Å²) in [5.41, 5.74) is 0. The van der Waals surface area contributed by atoms with E-state index in [0.717, 1.165) is 17.2 Å². The van der Waals surface area contributed by atoms with Crippen LogP contribution >= 0.6 is 0 Å². The Balaban J connectivity index is 1.99. The Morgan fingerprint density at radius 3 is 2.58 bits per heavy atom. The molecule has 0 aromatic heterocycles. The summed E-state index contributed by atoms with van der Waals surface area (Å²) in [4.78, 5) is 23.3. The van der Waals surface area contributed by atoms with Crippen LogP contribution in [0.15, 0.2) is 42.5 Å². The van der Waals surface area contributed by atoms with Crippen molar-refractivity contribution in [3.8, 4) is 5.75 Å². The van der Waals surface area contributed by atoms with Crippen molar-refractivity contribution >= 4 is 22.6 Å². The SMILES string of the molecule is CCCC(CNC(=O)C(C)Oc1cccc2ccccc12)C(=O)O. The maximum atomic E-state index is 12.2. The number of carbonyl (C=O) groups excluding carboxylic acids is 1. The Morgan fingerprint density at radius 1 is 1.17 bits per heavy atom. The largest absolute Gasteiger partial charge is 0.481 e. The molecule has 0 heterocycles. The second kappa shape index (κ2) is 8.34. The van der Waals surface area contributed by atoms with E-state index in [1.807, 2.05) is 49.4 Å². The van der Waals surface area contributed by atoms with Crippen LogP contribution in [-0.4, -0.2) is 29.6 Å². The van der Waals surface area contributed by atoms with E-state index in [9.17, 15) is 9.59 Å². The summed E-state index contributed by atoms with van der Waals surface area (Å²) in [6, 6.07) is 13.5. The molecule has 0 bridgehead atoms.